The minimum Gasteiger partial charge on any atom is -0.393 e. The molecule has 0 fully saturated rings. The van der Waals surface area contributed by atoms with E-state index >= 15 is 0 Å². The van der Waals surface area contributed by atoms with Gasteiger partial charge in [-0.25, -0.2) is 4.79 Å². The number of hydrogen-bond acceptors (Lipinski definition) is 8. The number of H-pyrrole nitrogens is 1. The average Bonchev–Trinajstić information content (AvgIpc) is 2.61. The molecule has 1 unspecified atom stereocenters. The van der Waals surface area contributed by atoms with Crippen molar-refractivity contribution in [3.8, 4) is 0 Å². The van der Waals surface area contributed by atoms with Crippen molar-refractivity contribution in [3.05, 3.63) is 45.0 Å². The van der Waals surface area contributed by atoms with Crippen LogP contribution >= 0.6 is 7.37 Å². The van der Waals surface area contributed by atoms with Crippen LogP contribution in [0.1, 0.15) is 6.23 Å². The third kappa shape index (κ3) is 7.77. The number of rotatable bonds is 12. The highest BCUT2D eigenvalue weighted by Gasteiger charge is 2.19. The minimum atomic E-state index is -2.94. The molecule has 2 N–H and O–H groups in total. The second kappa shape index (κ2) is 11.2. The quantitative estimate of drug-likeness (QED) is 0.380. The third-order valence-corrected chi connectivity index (χ3v) is 4.74. The fourth-order valence-electron chi connectivity index (χ4n) is 1.83. The molecule has 0 aromatic carbocycles. The van der Waals surface area contributed by atoms with E-state index in [4.69, 9.17) is 18.7 Å². The maximum Gasteiger partial charge on any atom is 0.330 e. The van der Waals surface area contributed by atoms with Gasteiger partial charge in [-0.15, -0.1) is 0 Å². The van der Waals surface area contributed by atoms with Crippen LogP contribution in [0.25, 0.3) is 0 Å². The summed E-state index contributed by atoms with van der Waals surface area (Å²) in [6, 6.07) is 1.17. The van der Waals surface area contributed by atoms with E-state index in [0.29, 0.717) is 6.61 Å². The Kier molecular flexibility index (Phi) is 9.71. The van der Waals surface area contributed by atoms with Crippen LogP contribution in [0.5, 0.6) is 0 Å². The van der Waals surface area contributed by atoms with Gasteiger partial charge in [-0.2, -0.15) is 0 Å². The Morgan fingerprint density at radius 2 is 2.08 bits per heavy atom. The monoisotopic (exact) mass is 392 g/mol. The highest BCUT2D eigenvalue weighted by molar-refractivity contribution is 7.61. The largest absolute Gasteiger partial charge is 0.393 e. The third-order valence-electron chi connectivity index (χ3n) is 3.30. The van der Waals surface area contributed by atoms with E-state index in [0.717, 1.165) is 4.57 Å². The van der Waals surface area contributed by atoms with Gasteiger partial charge in [0.25, 0.3) is 5.56 Å². The van der Waals surface area contributed by atoms with Crippen LogP contribution in [0.15, 0.2) is 33.7 Å². The first-order valence-corrected chi connectivity index (χ1v) is 9.94. The summed E-state index contributed by atoms with van der Waals surface area (Å²) in [5.41, 5.74) is -1.23. The van der Waals surface area contributed by atoms with Crippen molar-refractivity contribution in [3.63, 3.8) is 0 Å². The van der Waals surface area contributed by atoms with Crippen LogP contribution in [0, 0.1) is 0 Å². The highest BCUT2D eigenvalue weighted by atomic mass is 31.2. The van der Waals surface area contributed by atoms with E-state index in [1.807, 2.05) is 0 Å². The summed E-state index contributed by atoms with van der Waals surface area (Å²) in [7, 11) is -0.103. The van der Waals surface area contributed by atoms with E-state index < -0.39 is 37.6 Å². The number of methoxy groups -OCH3 is 1. The Bertz CT molecular complexity index is 729. The van der Waals surface area contributed by atoms with Gasteiger partial charge >= 0.3 is 5.69 Å². The molecule has 0 saturated carbocycles. The fraction of sp³-hybridized carbons (Fsp3) is 0.600. The number of aliphatic hydroxyl groups excluding tert-OH is 1. The van der Waals surface area contributed by atoms with Gasteiger partial charge in [0, 0.05) is 33.1 Å². The van der Waals surface area contributed by atoms with Crippen LogP contribution in [0.4, 0.5) is 0 Å². The number of nitrogens with one attached hydrogen (secondary N) is 1. The molecule has 0 amide bonds. The predicted molar refractivity (Wildman–Crippen MR) is 94.7 cm³/mol. The van der Waals surface area contributed by atoms with E-state index in [1.54, 1.807) is 0 Å². The Morgan fingerprint density at radius 1 is 1.35 bits per heavy atom. The van der Waals surface area contributed by atoms with Gasteiger partial charge < -0.3 is 23.8 Å². The first-order valence-electron chi connectivity index (χ1n) is 7.79. The van der Waals surface area contributed by atoms with E-state index in [-0.39, 0.29) is 13.2 Å². The van der Waals surface area contributed by atoms with E-state index in [2.05, 4.69) is 4.98 Å². The smallest absolute Gasteiger partial charge is 0.330 e. The molecule has 10 nitrogen and oxygen atoms in total. The molecule has 148 valence electrons. The Morgan fingerprint density at radius 3 is 2.65 bits per heavy atom. The van der Waals surface area contributed by atoms with Gasteiger partial charge in [-0.05, 0) is 11.9 Å². The van der Waals surface area contributed by atoms with Gasteiger partial charge in [0.1, 0.15) is 6.10 Å². The summed E-state index contributed by atoms with van der Waals surface area (Å²) in [6.45, 7) is 1.57. The molecule has 11 heteroatoms. The topological polar surface area (TPSA) is 129 Å². The average molecular weight is 392 g/mol. The Balaban J connectivity index is 2.97. The Labute approximate surface area is 150 Å². The molecule has 1 heterocycles. The fourth-order valence-corrected chi connectivity index (χ4v) is 2.46. The number of aliphatic hydroxyl groups is 1. The van der Waals surface area contributed by atoms with Gasteiger partial charge in [-0.3, -0.25) is 18.9 Å². The molecular formula is C15H25N2O8P. The lowest BCUT2D eigenvalue weighted by Gasteiger charge is -2.23. The lowest BCUT2D eigenvalue weighted by Crippen LogP contribution is -2.36. The normalized spacial score (nSPS) is 16.5. The van der Waals surface area contributed by atoms with E-state index in [9.17, 15) is 19.3 Å². The van der Waals surface area contributed by atoms with Crippen LogP contribution in [0.2, 0.25) is 0 Å². The lowest BCUT2D eigenvalue weighted by atomic mass is 10.3. The van der Waals surface area contributed by atoms with Crippen molar-refractivity contribution in [1.29, 1.82) is 0 Å². The summed E-state index contributed by atoms with van der Waals surface area (Å²) >= 11 is 0. The van der Waals surface area contributed by atoms with Crippen LogP contribution < -0.4 is 11.2 Å². The number of hydrogen-bond donors (Lipinski definition) is 2. The molecular weight excluding hydrogens is 367 g/mol. The molecule has 0 radical (unpaired) electrons. The second-order valence-electron chi connectivity index (χ2n) is 5.33. The van der Waals surface area contributed by atoms with Crippen molar-refractivity contribution in [2.75, 3.05) is 47.3 Å². The van der Waals surface area contributed by atoms with Gasteiger partial charge in [0.15, 0.2) is 6.23 Å². The molecule has 26 heavy (non-hydrogen) atoms. The number of aromatic amines is 1. The molecule has 0 bridgehead atoms. The summed E-state index contributed by atoms with van der Waals surface area (Å²) < 4.78 is 33.9. The number of ether oxygens (including phenoxy) is 3. The van der Waals surface area contributed by atoms with Gasteiger partial charge in [0.05, 0.1) is 26.4 Å². The van der Waals surface area contributed by atoms with Gasteiger partial charge in [-0.1, -0.05) is 0 Å². The molecule has 0 saturated heterocycles. The molecule has 1 aromatic heterocycles. The number of nitrogens with zero attached hydrogens (tertiary/aromatic N) is 1. The number of aromatic nitrogens is 2. The standard InChI is InChI=1S/C15H25N2O8P/c1-22-7-8-24-11-14(17-6-4-13(19)16-15(17)20)25-12(10-18)5-9-26(3,21)23-2/h4-6,9,12,14,18H,7-8,10-11H2,1-3H3,(H,16,19,20)/b9-5+/t12-,14-,26?/m1/s1. The molecule has 0 spiro atoms. The summed E-state index contributed by atoms with van der Waals surface area (Å²) in [5, 5.41) is 9.50. The van der Waals surface area contributed by atoms with Gasteiger partial charge in [0.2, 0.25) is 7.37 Å². The molecule has 3 atom stereocenters. The summed E-state index contributed by atoms with van der Waals surface area (Å²) in [6.07, 6.45) is 0.859. The minimum absolute atomic E-state index is 0.0340. The van der Waals surface area contributed by atoms with Crippen molar-refractivity contribution in [2.24, 2.45) is 0 Å². The summed E-state index contributed by atoms with van der Waals surface area (Å²) in [5.74, 6) is 1.31. The Hall–Kier alpha value is -1.55. The van der Waals surface area contributed by atoms with Crippen molar-refractivity contribution >= 4 is 7.37 Å². The maximum atomic E-state index is 12.0. The first-order chi connectivity index (χ1) is 12.3. The maximum absolute atomic E-state index is 12.0. The van der Waals surface area contributed by atoms with Crippen LogP contribution in [-0.4, -0.2) is 68.1 Å². The molecule has 0 aliphatic rings. The summed E-state index contributed by atoms with van der Waals surface area (Å²) in [4.78, 5) is 25.4. The lowest BCUT2D eigenvalue weighted by molar-refractivity contribution is -0.0984. The van der Waals surface area contributed by atoms with Crippen molar-refractivity contribution in [1.82, 2.24) is 9.55 Å². The second-order valence-corrected chi connectivity index (χ2v) is 7.81. The molecule has 1 rings (SSSR count). The van der Waals surface area contributed by atoms with Crippen molar-refractivity contribution < 1.29 is 28.4 Å². The van der Waals surface area contributed by atoms with E-state index in [1.165, 1.54) is 45.0 Å². The first kappa shape index (κ1) is 22.5. The molecule has 1 aromatic rings. The van der Waals surface area contributed by atoms with Crippen LogP contribution in [0.3, 0.4) is 0 Å². The predicted octanol–water partition coefficient (Wildman–Crippen LogP) is 0.144. The highest BCUT2D eigenvalue weighted by Crippen LogP contribution is 2.43. The molecule has 0 aliphatic heterocycles. The zero-order valence-corrected chi connectivity index (χ0v) is 15.9. The zero-order chi connectivity index (χ0) is 19.6. The van der Waals surface area contributed by atoms with Crippen LogP contribution in [-0.2, 0) is 23.3 Å². The zero-order valence-electron chi connectivity index (χ0n) is 15.0. The SMILES string of the molecule is COCCOC[C@@H](O[C@H](/C=C/P(C)(=O)OC)CO)n1ccc(=O)[nH]c1=O. The van der Waals surface area contributed by atoms with Crippen molar-refractivity contribution in [2.45, 2.75) is 12.3 Å². The molecule has 0 aliphatic carbocycles.